The molecule has 0 radical (unpaired) electrons. The molecule has 33 heavy (non-hydrogen) atoms. The Morgan fingerprint density at radius 2 is 1.88 bits per heavy atom. The summed E-state index contributed by atoms with van der Waals surface area (Å²) < 4.78 is 31.6. The summed E-state index contributed by atoms with van der Waals surface area (Å²) >= 11 is 0. The van der Waals surface area contributed by atoms with Crippen LogP contribution in [0.1, 0.15) is 38.7 Å². The number of likely N-dealkylation sites (tertiary alicyclic amines) is 1. The van der Waals surface area contributed by atoms with E-state index in [1.807, 2.05) is 18.7 Å². The van der Waals surface area contributed by atoms with Crippen molar-refractivity contribution in [1.82, 2.24) is 14.5 Å². The van der Waals surface area contributed by atoms with Crippen molar-refractivity contribution < 1.29 is 22.7 Å². The number of amides is 2. The zero-order valence-corrected chi connectivity index (χ0v) is 21.2. The minimum absolute atomic E-state index is 0.0359. The number of sulfonamides is 1. The van der Waals surface area contributed by atoms with E-state index in [0.29, 0.717) is 50.3 Å². The van der Waals surface area contributed by atoms with Gasteiger partial charge >= 0.3 is 0 Å². The second-order valence-electron chi connectivity index (χ2n) is 8.93. The molecule has 2 N–H and O–H groups in total. The molecule has 10 heteroatoms. The molecule has 1 saturated heterocycles. The molecule has 0 atom stereocenters. The number of hydrogen-bond acceptors (Lipinski definition) is 6. The van der Waals surface area contributed by atoms with Crippen molar-refractivity contribution >= 4 is 27.5 Å². The fraction of sp³-hybridized carbons (Fsp3) is 0.652. The van der Waals surface area contributed by atoms with Crippen LogP contribution in [0.25, 0.3) is 0 Å². The molecule has 2 amide bonds. The maximum absolute atomic E-state index is 12.5. The SMILES string of the molecule is Cc1ccc(NC(=O)CN2CCC(C(=O)NCCCOC(C)C)CC2)cc1S(=O)(=O)N(C)C. The molecule has 1 aromatic carbocycles. The zero-order valence-electron chi connectivity index (χ0n) is 20.4. The largest absolute Gasteiger partial charge is 0.379 e. The Bertz CT molecular complexity index is 909. The maximum Gasteiger partial charge on any atom is 0.242 e. The van der Waals surface area contributed by atoms with E-state index in [2.05, 4.69) is 10.6 Å². The third-order valence-electron chi connectivity index (χ3n) is 5.63. The van der Waals surface area contributed by atoms with E-state index < -0.39 is 10.0 Å². The molecule has 0 spiro atoms. The lowest BCUT2D eigenvalue weighted by Crippen LogP contribution is -2.43. The van der Waals surface area contributed by atoms with Gasteiger partial charge in [-0.25, -0.2) is 12.7 Å². The average molecular weight is 483 g/mol. The number of hydrogen-bond donors (Lipinski definition) is 2. The van der Waals surface area contributed by atoms with Crippen LogP contribution in [0.5, 0.6) is 0 Å². The van der Waals surface area contributed by atoms with E-state index in [-0.39, 0.29) is 35.3 Å². The lowest BCUT2D eigenvalue weighted by atomic mass is 9.96. The van der Waals surface area contributed by atoms with Crippen LogP contribution in [0.2, 0.25) is 0 Å². The van der Waals surface area contributed by atoms with Gasteiger partial charge in [-0.05, 0) is 70.8 Å². The maximum atomic E-state index is 12.5. The average Bonchev–Trinajstić information content (AvgIpc) is 2.74. The molecule has 2 rings (SSSR count). The number of piperidine rings is 1. The fourth-order valence-electron chi connectivity index (χ4n) is 3.66. The van der Waals surface area contributed by atoms with Crippen molar-refractivity contribution in [1.29, 1.82) is 0 Å². The summed E-state index contributed by atoms with van der Waals surface area (Å²) in [5, 5.41) is 5.77. The number of anilines is 1. The Kier molecular flexibility index (Phi) is 10.3. The van der Waals surface area contributed by atoms with Gasteiger partial charge < -0.3 is 15.4 Å². The highest BCUT2D eigenvalue weighted by Crippen LogP contribution is 2.23. The topological polar surface area (TPSA) is 108 Å². The van der Waals surface area contributed by atoms with Gasteiger partial charge in [-0.1, -0.05) is 6.07 Å². The fourth-order valence-corrected chi connectivity index (χ4v) is 4.80. The summed E-state index contributed by atoms with van der Waals surface area (Å²) in [5.74, 6) is -0.177. The van der Waals surface area contributed by atoms with Crippen LogP contribution in [-0.2, 0) is 24.3 Å². The number of nitrogens with one attached hydrogen (secondary N) is 2. The van der Waals surface area contributed by atoms with E-state index in [9.17, 15) is 18.0 Å². The quantitative estimate of drug-likeness (QED) is 0.466. The molecule has 1 aromatic rings. The zero-order chi connectivity index (χ0) is 24.6. The van der Waals surface area contributed by atoms with Crippen molar-refractivity contribution in [2.24, 2.45) is 5.92 Å². The van der Waals surface area contributed by atoms with Gasteiger partial charge in [0.2, 0.25) is 21.8 Å². The summed E-state index contributed by atoms with van der Waals surface area (Å²) in [6.45, 7) is 8.46. The Morgan fingerprint density at radius 3 is 2.48 bits per heavy atom. The second-order valence-corrected chi connectivity index (χ2v) is 11.1. The van der Waals surface area contributed by atoms with Crippen LogP contribution in [0.15, 0.2) is 23.1 Å². The van der Waals surface area contributed by atoms with Gasteiger partial charge in [0, 0.05) is 38.9 Å². The van der Waals surface area contributed by atoms with Gasteiger partial charge in [-0.15, -0.1) is 0 Å². The first-order chi connectivity index (χ1) is 15.5. The van der Waals surface area contributed by atoms with Crippen molar-refractivity contribution in [3.8, 4) is 0 Å². The summed E-state index contributed by atoms with van der Waals surface area (Å²) in [5.41, 5.74) is 1.07. The molecule has 1 heterocycles. The predicted molar refractivity (Wildman–Crippen MR) is 129 cm³/mol. The van der Waals surface area contributed by atoms with Crippen LogP contribution in [0.3, 0.4) is 0 Å². The highest BCUT2D eigenvalue weighted by Gasteiger charge is 2.26. The molecular weight excluding hydrogens is 444 g/mol. The second kappa shape index (κ2) is 12.5. The summed E-state index contributed by atoms with van der Waals surface area (Å²) in [6, 6.07) is 4.88. The van der Waals surface area contributed by atoms with Crippen molar-refractivity contribution in [2.45, 2.75) is 51.0 Å². The Balaban J connectivity index is 1.79. The van der Waals surface area contributed by atoms with Gasteiger partial charge in [0.1, 0.15) is 0 Å². The van der Waals surface area contributed by atoms with E-state index >= 15 is 0 Å². The van der Waals surface area contributed by atoms with Crippen LogP contribution in [-0.4, -0.2) is 82.4 Å². The van der Waals surface area contributed by atoms with Gasteiger partial charge in [0.25, 0.3) is 0 Å². The minimum atomic E-state index is -3.59. The Labute approximate surface area is 197 Å². The van der Waals surface area contributed by atoms with Crippen LogP contribution < -0.4 is 10.6 Å². The van der Waals surface area contributed by atoms with E-state index in [0.717, 1.165) is 10.7 Å². The molecular formula is C23H38N4O5S. The predicted octanol–water partition coefficient (Wildman–Crippen LogP) is 1.83. The van der Waals surface area contributed by atoms with E-state index in [4.69, 9.17) is 4.74 Å². The summed E-state index contributed by atoms with van der Waals surface area (Å²) in [7, 11) is -0.640. The monoisotopic (exact) mass is 482 g/mol. The highest BCUT2D eigenvalue weighted by molar-refractivity contribution is 7.89. The van der Waals surface area contributed by atoms with Crippen LogP contribution in [0, 0.1) is 12.8 Å². The number of rotatable bonds is 11. The molecule has 0 aliphatic carbocycles. The first-order valence-corrected chi connectivity index (χ1v) is 12.9. The highest BCUT2D eigenvalue weighted by atomic mass is 32.2. The Morgan fingerprint density at radius 1 is 1.21 bits per heavy atom. The number of carbonyl (C=O) groups is 2. The molecule has 0 unspecified atom stereocenters. The molecule has 0 aromatic heterocycles. The van der Waals surface area contributed by atoms with Gasteiger partial charge in [-0.3, -0.25) is 14.5 Å². The smallest absolute Gasteiger partial charge is 0.242 e. The van der Waals surface area contributed by atoms with E-state index in [1.54, 1.807) is 19.1 Å². The van der Waals surface area contributed by atoms with Crippen molar-refractivity contribution in [2.75, 3.05) is 52.2 Å². The number of aryl methyl sites for hydroxylation is 1. The molecule has 1 aliphatic rings. The normalized spacial score (nSPS) is 15.7. The van der Waals surface area contributed by atoms with Crippen molar-refractivity contribution in [3.63, 3.8) is 0 Å². The third-order valence-corrected chi connectivity index (χ3v) is 7.58. The molecule has 0 saturated carbocycles. The molecule has 186 valence electrons. The molecule has 0 bridgehead atoms. The molecule has 1 fully saturated rings. The third kappa shape index (κ3) is 8.37. The number of ether oxygens (including phenoxy) is 1. The number of benzene rings is 1. The lowest BCUT2D eigenvalue weighted by Gasteiger charge is -2.30. The first-order valence-electron chi connectivity index (χ1n) is 11.5. The van der Waals surface area contributed by atoms with E-state index in [1.165, 1.54) is 20.2 Å². The van der Waals surface area contributed by atoms with Crippen molar-refractivity contribution in [3.05, 3.63) is 23.8 Å². The van der Waals surface area contributed by atoms with Gasteiger partial charge in [-0.2, -0.15) is 0 Å². The Hall–Kier alpha value is -2.01. The summed E-state index contributed by atoms with van der Waals surface area (Å²) in [4.78, 5) is 27.1. The minimum Gasteiger partial charge on any atom is -0.379 e. The van der Waals surface area contributed by atoms with Crippen LogP contribution in [0.4, 0.5) is 5.69 Å². The standard InChI is InChI=1S/C23H38N4O5S/c1-17(2)32-14-6-11-24-23(29)19-9-12-27(13-10-19)16-22(28)25-20-8-7-18(3)21(15-20)33(30,31)26(4)5/h7-8,15,17,19H,6,9-14,16H2,1-5H3,(H,24,29)(H,25,28). The molecule has 1 aliphatic heterocycles. The summed E-state index contributed by atoms with van der Waals surface area (Å²) in [6.07, 6.45) is 2.40. The lowest BCUT2D eigenvalue weighted by molar-refractivity contribution is -0.126. The number of nitrogens with zero attached hydrogens (tertiary/aromatic N) is 2. The molecule has 9 nitrogen and oxygen atoms in total. The first kappa shape index (κ1) is 27.2. The van der Waals surface area contributed by atoms with Gasteiger partial charge in [0.05, 0.1) is 17.5 Å². The number of carbonyl (C=O) groups excluding carboxylic acids is 2. The van der Waals surface area contributed by atoms with Crippen LogP contribution >= 0.6 is 0 Å². The van der Waals surface area contributed by atoms with Gasteiger partial charge in [0.15, 0.2) is 0 Å².